The first-order chi connectivity index (χ1) is 9.40. The number of rotatable bonds is 4. The number of benzene rings is 1. The van der Waals surface area contributed by atoms with E-state index < -0.39 is 5.97 Å². The molecular formula is C13H12ClIN2O3. The molecule has 0 fully saturated rings. The largest absolute Gasteiger partial charge is 0.486 e. The van der Waals surface area contributed by atoms with Crippen molar-refractivity contribution in [3.63, 3.8) is 0 Å². The van der Waals surface area contributed by atoms with Crippen LogP contribution in [0.2, 0.25) is 5.02 Å². The average Bonchev–Trinajstić information content (AvgIpc) is 2.63. The lowest BCUT2D eigenvalue weighted by Crippen LogP contribution is -2.05. The molecule has 2 aromatic rings. The predicted octanol–water partition coefficient (Wildman–Crippen LogP) is 3.26. The summed E-state index contributed by atoms with van der Waals surface area (Å²) in [4.78, 5) is 11.0. The van der Waals surface area contributed by atoms with Crippen LogP contribution in [0.3, 0.4) is 0 Å². The second-order valence-electron chi connectivity index (χ2n) is 4.21. The molecule has 106 valence electrons. The minimum absolute atomic E-state index is 0.188. The van der Waals surface area contributed by atoms with E-state index in [2.05, 4.69) is 27.7 Å². The third-order valence-corrected chi connectivity index (χ3v) is 4.19. The Hall–Kier alpha value is -1.28. The number of aryl methyl sites for hydroxylation is 2. The van der Waals surface area contributed by atoms with Crippen LogP contribution in [0, 0.1) is 10.5 Å². The Morgan fingerprint density at radius 3 is 2.80 bits per heavy atom. The third-order valence-electron chi connectivity index (χ3n) is 2.80. The number of ether oxygens (including phenoxy) is 1. The van der Waals surface area contributed by atoms with Crippen LogP contribution in [0.5, 0.6) is 5.75 Å². The van der Waals surface area contributed by atoms with Crippen molar-refractivity contribution in [2.24, 2.45) is 7.05 Å². The molecule has 0 amide bonds. The number of hydrogen-bond acceptors (Lipinski definition) is 3. The Labute approximate surface area is 134 Å². The summed E-state index contributed by atoms with van der Waals surface area (Å²) in [6, 6.07) is 4.74. The lowest BCUT2D eigenvalue weighted by Gasteiger charge is -2.09. The van der Waals surface area contributed by atoms with Gasteiger partial charge in [-0.15, -0.1) is 0 Å². The Balaban J connectivity index is 2.22. The molecule has 0 saturated carbocycles. The fraction of sp³-hybridized carbons (Fsp3) is 0.231. The van der Waals surface area contributed by atoms with Crippen molar-refractivity contribution < 1.29 is 14.6 Å². The summed E-state index contributed by atoms with van der Waals surface area (Å²) in [7, 11) is 1.79. The molecule has 1 aromatic heterocycles. The van der Waals surface area contributed by atoms with Crippen molar-refractivity contribution in [2.45, 2.75) is 13.5 Å². The van der Waals surface area contributed by atoms with Gasteiger partial charge in [-0.2, -0.15) is 5.10 Å². The SMILES string of the molecule is Cc1nn(C)c(COc2cc(C(=O)O)ccc2I)c1Cl. The maximum Gasteiger partial charge on any atom is 0.335 e. The Morgan fingerprint density at radius 1 is 1.55 bits per heavy atom. The first-order valence-electron chi connectivity index (χ1n) is 5.73. The molecule has 7 heteroatoms. The van der Waals surface area contributed by atoms with E-state index in [0.717, 1.165) is 15.0 Å². The first-order valence-corrected chi connectivity index (χ1v) is 7.19. The monoisotopic (exact) mass is 406 g/mol. The standard InChI is InChI=1S/C13H12ClIN2O3/c1-7-12(14)10(17(2)16-7)6-20-11-5-8(13(18)19)3-4-9(11)15/h3-5H,6H2,1-2H3,(H,18,19). The molecule has 0 aliphatic carbocycles. The molecule has 1 heterocycles. The summed E-state index contributed by atoms with van der Waals surface area (Å²) >= 11 is 8.23. The van der Waals surface area contributed by atoms with Gasteiger partial charge < -0.3 is 9.84 Å². The number of aromatic nitrogens is 2. The third kappa shape index (κ3) is 3.06. The molecule has 20 heavy (non-hydrogen) atoms. The summed E-state index contributed by atoms with van der Waals surface area (Å²) in [5.41, 5.74) is 1.68. The van der Waals surface area contributed by atoms with Crippen LogP contribution in [-0.4, -0.2) is 20.9 Å². The number of halogens is 2. The van der Waals surface area contributed by atoms with Gasteiger partial charge in [-0.1, -0.05) is 11.6 Å². The lowest BCUT2D eigenvalue weighted by molar-refractivity contribution is 0.0696. The van der Waals surface area contributed by atoms with Gasteiger partial charge in [0.2, 0.25) is 0 Å². The zero-order valence-electron chi connectivity index (χ0n) is 10.9. The smallest absolute Gasteiger partial charge is 0.335 e. The zero-order chi connectivity index (χ0) is 14.9. The Kier molecular flexibility index (Phi) is 4.54. The van der Waals surface area contributed by atoms with Crippen LogP contribution in [0.1, 0.15) is 21.7 Å². The number of nitrogens with zero attached hydrogens (tertiary/aromatic N) is 2. The van der Waals surface area contributed by atoms with E-state index in [0.29, 0.717) is 10.8 Å². The minimum atomic E-state index is -0.985. The lowest BCUT2D eigenvalue weighted by atomic mass is 10.2. The topological polar surface area (TPSA) is 64.4 Å². The van der Waals surface area contributed by atoms with Crippen LogP contribution < -0.4 is 4.74 Å². The maximum absolute atomic E-state index is 11.0. The molecule has 0 atom stereocenters. The predicted molar refractivity (Wildman–Crippen MR) is 83.4 cm³/mol. The van der Waals surface area contributed by atoms with Crippen molar-refractivity contribution in [3.8, 4) is 5.75 Å². The van der Waals surface area contributed by atoms with Gasteiger partial charge in [0.05, 0.1) is 25.5 Å². The quantitative estimate of drug-likeness (QED) is 0.792. The molecule has 0 bridgehead atoms. The van der Waals surface area contributed by atoms with Gasteiger partial charge >= 0.3 is 5.97 Å². The molecule has 1 aromatic carbocycles. The molecule has 2 rings (SSSR count). The normalized spacial score (nSPS) is 10.6. The van der Waals surface area contributed by atoms with Crippen molar-refractivity contribution >= 4 is 40.2 Å². The molecule has 0 spiro atoms. The van der Waals surface area contributed by atoms with Crippen molar-refractivity contribution in [2.75, 3.05) is 0 Å². The summed E-state index contributed by atoms with van der Waals surface area (Å²) in [5, 5.41) is 13.8. The highest BCUT2D eigenvalue weighted by molar-refractivity contribution is 14.1. The van der Waals surface area contributed by atoms with Gasteiger partial charge in [-0.05, 0) is 47.7 Å². The van der Waals surface area contributed by atoms with Crippen molar-refractivity contribution in [1.82, 2.24) is 9.78 Å². The second kappa shape index (κ2) is 6.01. The zero-order valence-corrected chi connectivity index (χ0v) is 13.8. The van der Waals surface area contributed by atoms with Crippen LogP contribution in [0.25, 0.3) is 0 Å². The van der Waals surface area contributed by atoms with E-state index in [1.54, 1.807) is 17.8 Å². The van der Waals surface area contributed by atoms with Gasteiger partial charge in [0.15, 0.2) is 0 Å². The molecular weight excluding hydrogens is 395 g/mol. The van der Waals surface area contributed by atoms with E-state index in [9.17, 15) is 4.79 Å². The molecule has 5 nitrogen and oxygen atoms in total. The highest BCUT2D eigenvalue weighted by Crippen LogP contribution is 2.25. The summed E-state index contributed by atoms with van der Waals surface area (Å²) in [5.74, 6) is -0.471. The fourth-order valence-corrected chi connectivity index (χ4v) is 2.44. The number of carbonyl (C=O) groups is 1. The number of carboxylic acids is 1. The first kappa shape index (κ1) is 15.1. The van der Waals surface area contributed by atoms with Gasteiger partial charge in [0.25, 0.3) is 0 Å². The van der Waals surface area contributed by atoms with Crippen LogP contribution in [0.4, 0.5) is 0 Å². The number of aromatic carboxylic acids is 1. The maximum atomic E-state index is 11.0. The van der Waals surface area contributed by atoms with E-state index in [4.69, 9.17) is 21.4 Å². The van der Waals surface area contributed by atoms with Crippen LogP contribution in [0.15, 0.2) is 18.2 Å². The molecule has 0 aliphatic rings. The van der Waals surface area contributed by atoms with Crippen molar-refractivity contribution in [3.05, 3.63) is 43.7 Å². The molecule has 0 unspecified atom stereocenters. The van der Waals surface area contributed by atoms with Crippen LogP contribution >= 0.6 is 34.2 Å². The Morgan fingerprint density at radius 2 is 2.25 bits per heavy atom. The minimum Gasteiger partial charge on any atom is -0.486 e. The fourth-order valence-electron chi connectivity index (χ4n) is 1.73. The van der Waals surface area contributed by atoms with E-state index in [1.165, 1.54) is 12.1 Å². The van der Waals surface area contributed by atoms with E-state index in [-0.39, 0.29) is 12.2 Å². The molecule has 0 saturated heterocycles. The Bertz CT molecular complexity index is 670. The highest BCUT2D eigenvalue weighted by atomic mass is 127. The summed E-state index contributed by atoms with van der Waals surface area (Å²) in [6.07, 6.45) is 0. The summed E-state index contributed by atoms with van der Waals surface area (Å²) < 4.78 is 8.17. The van der Waals surface area contributed by atoms with Gasteiger partial charge in [0.1, 0.15) is 12.4 Å². The number of hydrogen-bond donors (Lipinski definition) is 1. The van der Waals surface area contributed by atoms with E-state index in [1.807, 2.05) is 6.92 Å². The molecule has 0 aliphatic heterocycles. The number of carboxylic acid groups (broad SMARTS) is 1. The molecule has 1 N–H and O–H groups in total. The van der Waals surface area contributed by atoms with Crippen molar-refractivity contribution in [1.29, 1.82) is 0 Å². The average molecular weight is 407 g/mol. The summed E-state index contributed by atoms with van der Waals surface area (Å²) in [6.45, 7) is 2.05. The van der Waals surface area contributed by atoms with Gasteiger partial charge in [-0.25, -0.2) is 4.79 Å². The molecule has 0 radical (unpaired) electrons. The van der Waals surface area contributed by atoms with Gasteiger partial charge in [0, 0.05) is 7.05 Å². The second-order valence-corrected chi connectivity index (χ2v) is 5.75. The van der Waals surface area contributed by atoms with Gasteiger partial charge in [-0.3, -0.25) is 4.68 Å². The van der Waals surface area contributed by atoms with Crippen LogP contribution in [-0.2, 0) is 13.7 Å². The highest BCUT2D eigenvalue weighted by Gasteiger charge is 2.13. The van der Waals surface area contributed by atoms with E-state index >= 15 is 0 Å².